The maximum Gasteiger partial charge on any atom is 0.319 e. The first-order valence-corrected chi connectivity index (χ1v) is 18.0. The fraction of sp³-hybridized carbons (Fsp3) is 0.667. The highest BCUT2D eigenvalue weighted by molar-refractivity contribution is 5.90. The number of carbonyl (C=O) groups excluding carboxylic acids is 1. The molecule has 2 saturated heterocycles. The lowest BCUT2D eigenvalue weighted by molar-refractivity contribution is -0.253. The minimum Gasteiger partial charge on any atom is -0.392 e. The second-order valence-corrected chi connectivity index (χ2v) is 17.4. The number of likely N-dealkylation sites (tertiary alicyclic amines) is 1. The van der Waals surface area contributed by atoms with Crippen LogP contribution in [-0.2, 0) is 16.1 Å². The molecular formula is C39H53N3O4. The summed E-state index contributed by atoms with van der Waals surface area (Å²) in [5.74, 6) is 2.35. The summed E-state index contributed by atoms with van der Waals surface area (Å²) < 4.78 is 13.5. The molecule has 2 aromatic rings. The normalized spacial score (nSPS) is 39.3. The number of anilines is 1. The molecule has 2 aromatic carbocycles. The molecule has 9 rings (SSSR count). The third kappa shape index (κ3) is 6.25. The van der Waals surface area contributed by atoms with Crippen molar-refractivity contribution in [1.29, 1.82) is 0 Å². The highest BCUT2D eigenvalue weighted by atomic mass is 16.7. The number of hydrogen-bond donors (Lipinski definition) is 3. The van der Waals surface area contributed by atoms with Gasteiger partial charge in [0, 0.05) is 42.3 Å². The molecule has 5 aliphatic carbocycles. The smallest absolute Gasteiger partial charge is 0.319 e. The summed E-state index contributed by atoms with van der Waals surface area (Å²) in [7, 11) is 0. The quantitative estimate of drug-likeness (QED) is 0.293. The van der Waals surface area contributed by atoms with E-state index >= 15 is 0 Å². The minimum absolute atomic E-state index is 0.0170. The maximum absolute atomic E-state index is 13.4. The number of nitrogens with one attached hydrogen (secondary N) is 2. The molecule has 2 aliphatic heterocycles. The molecule has 0 aromatic heterocycles. The summed E-state index contributed by atoms with van der Waals surface area (Å²) in [6, 6.07) is 16.6. The summed E-state index contributed by atoms with van der Waals surface area (Å²) >= 11 is 0. The zero-order valence-electron chi connectivity index (χ0n) is 28.0. The van der Waals surface area contributed by atoms with Crippen LogP contribution in [0.25, 0.3) is 0 Å². The number of carbonyl (C=O) groups is 1. The second-order valence-electron chi connectivity index (χ2n) is 17.4. The monoisotopic (exact) mass is 627 g/mol. The first-order chi connectivity index (χ1) is 22.0. The van der Waals surface area contributed by atoms with Gasteiger partial charge >= 0.3 is 6.03 Å². The number of nitrogens with zero attached hydrogens (tertiary/aromatic N) is 1. The standard InChI is InChI=1S/C39H53N3O4/c1-37(2)19-32-20-38(3,23-37)24-42(32)21-33-15-34(29-9-7-25(22-43)8-10-29)46-35(45-33)30-5-4-6-31(14-30)40-36(44)41-39-16-26-11-27(17-39)13-28(12-26)18-39/h4-10,14,26-28,32-35,43H,11-13,15-24H2,1-3H3,(H2,40,41,44). The van der Waals surface area contributed by atoms with Crippen molar-refractivity contribution in [3.05, 3.63) is 65.2 Å². The first-order valence-electron chi connectivity index (χ1n) is 18.0. The highest BCUT2D eigenvalue weighted by Gasteiger charge is 2.52. The Kier molecular flexibility index (Phi) is 7.79. The van der Waals surface area contributed by atoms with Gasteiger partial charge in [-0.25, -0.2) is 4.79 Å². The Morgan fingerprint density at radius 3 is 2.30 bits per heavy atom. The molecule has 5 saturated carbocycles. The lowest BCUT2D eigenvalue weighted by Crippen LogP contribution is -2.60. The average molecular weight is 628 g/mol. The summed E-state index contributed by atoms with van der Waals surface area (Å²) in [6.45, 7) is 9.38. The van der Waals surface area contributed by atoms with Crippen LogP contribution >= 0.6 is 0 Å². The molecule has 7 fully saturated rings. The van der Waals surface area contributed by atoms with E-state index in [0.717, 1.165) is 78.9 Å². The topological polar surface area (TPSA) is 83.1 Å². The van der Waals surface area contributed by atoms with Crippen molar-refractivity contribution in [2.24, 2.45) is 28.6 Å². The molecule has 46 heavy (non-hydrogen) atoms. The van der Waals surface area contributed by atoms with E-state index in [2.05, 4.69) is 48.4 Å². The van der Waals surface area contributed by atoms with Crippen LogP contribution in [0.15, 0.2) is 48.5 Å². The number of urea groups is 1. The number of aliphatic hydroxyl groups is 1. The van der Waals surface area contributed by atoms with Gasteiger partial charge in [0.25, 0.3) is 0 Å². The molecular weight excluding hydrogens is 574 g/mol. The molecule has 248 valence electrons. The van der Waals surface area contributed by atoms with E-state index in [1.807, 2.05) is 36.4 Å². The van der Waals surface area contributed by atoms with Crippen molar-refractivity contribution >= 4 is 11.7 Å². The Morgan fingerprint density at radius 2 is 1.61 bits per heavy atom. The zero-order chi connectivity index (χ0) is 31.7. The van der Waals surface area contributed by atoms with Crippen LogP contribution < -0.4 is 10.6 Å². The average Bonchev–Trinajstić information content (AvgIpc) is 3.23. The molecule has 7 heteroatoms. The van der Waals surface area contributed by atoms with Crippen LogP contribution in [0.4, 0.5) is 10.5 Å². The zero-order valence-corrected chi connectivity index (χ0v) is 28.0. The lowest BCUT2D eigenvalue weighted by atomic mass is 9.53. The van der Waals surface area contributed by atoms with E-state index in [0.29, 0.717) is 16.9 Å². The van der Waals surface area contributed by atoms with E-state index < -0.39 is 6.29 Å². The Bertz CT molecular complexity index is 1410. The van der Waals surface area contributed by atoms with Gasteiger partial charge in [-0.1, -0.05) is 57.2 Å². The van der Waals surface area contributed by atoms with Crippen molar-refractivity contribution in [2.75, 3.05) is 18.4 Å². The predicted molar refractivity (Wildman–Crippen MR) is 179 cm³/mol. The number of ether oxygens (including phenoxy) is 2. The molecule has 2 heterocycles. The molecule has 7 nitrogen and oxygen atoms in total. The fourth-order valence-electron chi connectivity index (χ4n) is 11.5. The van der Waals surface area contributed by atoms with Crippen molar-refractivity contribution < 1.29 is 19.4 Å². The Balaban J connectivity index is 0.988. The summed E-state index contributed by atoms with van der Waals surface area (Å²) in [6.07, 6.45) is 11.4. The Hall–Kier alpha value is -2.45. The van der Waals surface area contributed by atoms with Crippen LogP contribution in [0.2, 0.25) is 0 Å². The SMILES string of the molecule is CC1(C)CC2CC(C)(CN2CC2CC(c3ccc(CO)cc3)OC(c3cccc(NC(=O)NC45CC6CC(CC(C6)C4)C5)c3)O2)C1. The van der Waals surface area contributed by atoms with Crippen molar-refractivity contribution in [3.63, 3.8) is 0 Å². The van der Waals surface area contributed by atoms with E-state index in [4.69, 9.17) is 9.47 Å². The number of hydrogen-bond acceptors (Lipinski definition) is 5. The molecule has 0 spiro atoms. The molecule has 0 radical (unpaired) electrons. The van der Waals surface area contributed by atoms with E-state index in [1.165, 1.54) is 38.5 Å². The third-order valence-corrected chi connectivity index (χ3v) is 12.4. The van der Waals surface area contributed by atoms with Crippen LogP contribution in [0, 0.1) is 28.6 Å². The van der Waals surface area contributed by atoms with Gasteiger partial charge in [0.2, 0.25) is 0 Å². The van der Waals surface area contributed by atoms with Gasteiger partial charge in [-0.3, -0.25) is 4.90 Å². The lowest BCUT2D eigenvalue weighted by Gasteiger charge is -2.56. The predicted octanol–water partition coefficient (Wildman–Crippen LogP) is 7.72. The molecule has 5 atom stereocenters. The summed E-state index contributed by atoms with van der Waals surface area (Å²) in [4.78, 5) is 16.1. The van der Waals surface area contributed by atoms with Gasteiger partial charge in [-0.2, -0.15) is 0 Å². The Morgan fingerprint density at radius 1 is 0.891 bits per heavy atom. The first kappa shape index (κ1) is 30.9. The molecule has 7 aliphatic rings. The summed E-state index contributed by atoms with van der Waals surface area (Å²) in [5.41, 5.74) is 4.40. The number of rotatable bonds is 7. The van der Waals surface area contributed by atoms with Crippen LogP contribution in [0.5, 0.6) is 0 Å². The van der Waals surface area contributed by atoms with Gasteiger partial charge in [0.15, 0.2) is 6.29 Å². The number of benzene rings is 2. The van der Waals surface area contributed by atoms with Crippen LogP contribution in [-0.4, -0.2) is 46.8 Å². The number of fused-ring (bicyclic) bond motifs is 2. The van der Waals surface area contributed by atoms with Gasteiger partial charge in [0.05, 0.1) is 18.8 Å². The van der Waals surface area contributed by atoms with Gasteiger partial charge in [-0.05, 0) is 110 Å². The van der Waals surface area contributed by atoms with Crippen molar-refractivity contribution in [2.45, 2.75) is 122 Å². The van der Waals surface area contributed by atoms with Crippen molar-refractivity contribution in [3.8, 4) is 0 Å². The third-order valence-electron chi connectivity index (χ3n) is 12.4. The minimum atomic E-state index is -0.539. The number of aliphatic hydroxyl groups excluding tert-OH is 1. The molecule has 3 N–H and O–H groups in total. The van der Waals surface area contributed by atoms with Crippen LogP contribution in [0.1, 0.15) is 114 Å². The maximum atomic E-state index is 13.4. The largest absolute Gasteiger partial charge is 0.392 e. The summed E-state index contributed by atoms with van der Waals surface area (Å²) in [5, 5.41) is 16.2. The molecule has 5 unspecified atom stereocenters. The van der Waals surface area contributed by atoms with E-state index in [1.54, 1.807) is 0 Å². The number of amides is 2. The van der Waals surface area contributed by atoms with Crippen molar-refractivity contribution in [1.82, 2.24) is 10.2 Å². The van der Waals surface area contributed by atoms with Gasteiger partial charge in [-0.15, -0.1) is 0 Å². The van der Waals surface area contributed by atoms with Gasteiger partial charge < -0.3 is 25.2 Å². The molecule has 6 bridgehead atoms. The second kappa shape index (κ2) is 11.6. The Labute approximate surface area is 274 Å². The highest BCUT2D eigenvalue weighted by Crippen LogP contribution is 2.56. The van der Waals surface area contributed by atoms with E-state index in [9.17, 15) is 9.90 Å². The fourth-order valence-corrected chi connectivity index (χ4v) is 11.5. The van der Waals surface area contributed by atoms with Gasteiger partial charge in [0.1, 0.15) is 0 Å². The van der Waals surface area contributed by atoms with Crippen LogP contribution in [0.3, 0.4) is 0 Å². The molecule has 2 amide bonds. The van der Waals surface area contributed by atoms with E-state index in [-0.39, 0.29) is 30.4 Å².